The van der Waals surface area contributed by atoms with Crippen LogP contribution in [0.4, 0.5) is 16.2 Å². The number of carbonyl (C=O) groups excluding carboxylic acids is 1. The van der Waals surface area contributed by atoms with Crippen LogP contribution in [0.25, 0.3) is 6.08 Å². The van der Waals surface area contributed by atoms with Crippen LogP contribution in [0, 0.1) is 11.1 Å². The molecular formula is C21H21N3O6S. The molecule has 10 heteroatoms. The van der Waals surface area contributed by atoms with Crippen molar-refractivity contribution in [3.63, 3.8) is 0 Å². The number of para-hydroxylation sites is 2. The second-order valence-corrected chi connectivity index (χ2v) is 9.73. The summed E-state index contributed by atoms with van der Waals surface area (Å²) in [7, 11) is -4.02. The summed E-state index contributed by atoms with van der Waals surface area (Å²) in [4.78, 5) is 14.1. The molecule has 0 saturated carbocycles. The molecule has 1 fully saturated rings. The van der Waals surface area contributed by atoms with Gasteiger partial charge < -0.3 is 9.94 Å². The highest BCUT2D eigenvalue weighted by molar-refractivity contribution is 7.89. The lowest BCUT2D eigenvalue weighted by molar-refractivity contribution is -0.992. The molecular weight excluding hydrogens is 422 g/mol. The smallest absolute Gasteiger partial charge is 0.414 e. The third kappa shape index (κ3) is 3.24. The van der Waals surface area contributed by atoms with E-state index >= 15 is 0 Å². The molecule has 1 saturated heterocycles. The quantitative estimate of drug-likeness (QED) is 0.698. The van der Waals surface area contributed by atoms with E-state index in [0.29, 0.717) is 6.42 Å². The molecule has 0 bridgehead atoms. The first-order valence-electron chi connectivity index (χ1n) is 9.96. The molecule has 0 spiro atoms. The predicted octanol–water partition coefficient (Wildman–Crippen LogP) is 1.65. The molecule has 5 rings (SSSR count). The van der Waals surface area contributed by atoms with Crippen molar-refractivity contribution >= 4 is 33.6 Å². The molecule has 2 aromatic carbocycles. The van der Waals surface area contributed by atoms with Gasteiger partial charge in [-0.2, -0.15) is 9.53 Å². The van der Waals surface area contributed by atoms with Crippen molar-refractivity contribution in [3.05, 3.63) is 64.9 Å². The van der Waals surface area contributed by atoms with E-state index in [1.165, 1.54) is 28.6 Å². The second-order valence-electron chi connectivity index (χ2n) is 7.82. The molecule has 3 aliphatic heterocycles. The van der Waals surface area contributed by atoms with Gasteiger partial charge in [0, 0.05) is 36.7 Å². The van der Waals surface area contributed by atoms with Crippen LogP contribution in [-0.2, 0) is 21.4 Å². The zero-order chi connectivity index (χ0) is 21.8. The van der Waals surface area contributed by atoms with E-state index in [0.717, 1.165) is 16.8 Å². The Kier molecular flexibility index (Phi) is 4.83. The Morgan fingerprint density at radius 1 is 1.16 bits per heavy atom. The molecule has 3 aliphatic rings. The molecule has 162 valence electrons. The highest BCUT2D eigenvalue weighted by Gasteiger charge is 2.44. The number of nitrogens with one attached hydrogen (secondary N) is 1. The van der Waals surface area contributed by atoms with Crippen LogP contribution in [0.1, 0.15) is 17.5 Å². The molecule has 31 heavy (non-hydrogen) atoms. The van der Waals surface area contributed by atoms with Gasteiger partial charge in [-0.3, -0.25) is 4.90 Å². The second kappa shape index (κ2) is 7.43. The van der Waals surface area contributed by atoms with Crippen molar-refractivity contribution in [2.24, 2.45) is 5.92 Å². The van der Waals surface area contributed by atoms with Gasteiger partial charge in [0.05, 0.1) is 5.69 Å². The monoisotopic (exact) mass is 443 g/mol. The number of hydrogen-bond donors (Lipinski definition) is 2. The molecule has 3 atom stereocenters. The fourth-order valence-electron chi connectivity index (χ4n) is 4.66. The maximum atomic E-state index is 13.3. The lowest BCUT2D eigenvalue weighted by Gasteiger charge is -2.43. The zero-order valence-corrected chi connectivity index (χ0v) is 17.3. The van der Waals surface area contributed by atoms with Crippen LogP contribution in [0.3, 0.4) is 0 Å². The van der Waals surface area contributed by atoms with Gasteiger partial charge in [-0.1, -0.05) is 42.5 Å². The number of piperidine rings is 1. The van der Waals surface area contributed by atoms with Crippen molar-refractivity contribution in [2.75, 3.05) is 18.0 Å². The summed E-state index contributed by atoms with van der Waals surface area (Å²) in [6, 6.07) is 11.1. The standard InChI is InChI=1S/C21H21N3O6S/c25-21-23-17-10-11-22(31(28,29)19-7-2-1-6-18(19)24(26)27)12-15(17)9-8-14-4-3-5-16(13-30-21)20(14)23/h1-9,15,17,24,26H,10-13H2. The number of fused-ring (bicyclic) bond motifs is 2. The number of ether oxygens (including phenoxy) is 1. The molecule has 3 unspecified atom stereocenters. The summed E-state index contributed by atoms with van der Waals surface area (Å²) < 4.78 is 33.3. The molecule has 2 aromatic rings. The summed E-state index contributed by atoms with van der Waals surface area (Å²) in [5, 5.41) is 19.7. The van der Waals surface area contributed by atoms with E-state index < -0.39 is 21.3 Å². The molecule has 0 radical (unpaired) electrons. The first-order valence-corrected chi connectivity index (χ1v) is 11.4. The SMILES string of the molecule is O=C1OCc2cccc3c2N1C1CCN(S(=O)(=O)c2ccccc2[NH+]([O-])O)CC1C=C3. The van der Waals surface area contributed by atoms with Crippen LogP contribution < -0.4 is 10.1 Å². The lowest BCUT2D eigenvalue weighted by atomic mass is 9.92. The number of sulfonamides is 1. The Hall–Kier alpha value is -2.76. The molecule has 1 amide bonds. The van der Waals surface area contributed by atoms with E-state index in [1.807, 2.05) is 30.4 Å². The van der Waals surface area contributed by atoms with E-state index in [-0.39, 0.29) is 42.2 Å². The number of hydrogen-bond acceptors (Lipinski definition) is 6. The normalized spacial score (nSPS) is 24.1. The number of quaternary nitrogens is 1. The minimum Gasteiger partial charge on any atom is -0.595 e. The van der Waals surface area contributed by atoms with Crippen molar-refractivity contribution in [3.8, 4) is 0 Å². The molecule has 0 aliphatic carbocycles. The number of rotatable bonds is 3. The largest absolute Gasteiger partial charge is 0.595 e. The summed E-state index contributed by atoms with van der Waals surface area (Å²) in [5.74, 6) is -0.258. The van der Waals surface area contributed by atoms with E-state index in [2.05, 4.69) is 0 Å². The van der Waals surface area contributed by atoms with Gasteiger partial charge >= 0.3 is 6.09 Å². The van der Waals surface area contributed by atoms with Crippen molar-refractivity contribution < 1.29 is 28.4 Å². The van der Waals surface area contributed by atoms with Crippen LogP contribution >= 0.6 is 0 Å². The first-order chi connectivity index (χ1) is 14.9. The van der Waals surface area contributed by atoms with Crippen LogP contribution in [0.5, 0.6) is 0 Å². The topological polar surface area (TPSA) is 115 Å². The summed E-state index contributed by atoms with van der Waals surface area (Å²) in [6.45, 7) is 0.535. The fraction of sp³-hybridized carbons (Fsp3) is 0.286. The Bertz CT molecular complexity index is 1180. The molecule has 0 aromatic heterocycles. The summed E-state index contributed by atoms with van der Waals surface area (Å²) in [5.41, 5.74) is 2.40. The predicted molar refractivity (Wildman–Crippen MR) is 111 cm³/mol. The maximum Gasteiger partial charge on any atom is 0.414 e. The minimum atomic E-state index is -4.02. The maximum absolute atomic E-state index is 13.3. The third-order valence-corrected chi connectivity index (χ3v) is 8.04. The van der Waals surface area contributed by atoms with Gasteiger partial charge in [0.2, 0.25) is 10.0 Å². The van der Waals surface area contributed by atoms with Crippen LogP contribution in [-0.4, -0.2) is 43.2 Å². The van der Waals surface area contributed by atoms with Crippen molar-refractivity contribution in [1.29, 1.82) is 0 Å². The summed E-state index contributed by atoms with van der Waals surface area (Å²) >= 11 is 0. The number of amides is 1. The van der Waals surface area contributed by atoms with E-state index in [4.69, 9.17) is 4.74 Å². The summed E-state index contributed by atoms with van der Waals surface area (Å²) in [6.07, 6.45) is 3.85. The lowest BCUT2D eigenvalue weighted by Crippen LogP contribution is -2.99. The van der Waals surface area contributed by atoms with Gasteiger partial charge in [-0.05, 0) is 18.1 Å². The molecule has 2 N–H and O–H groups in total. The van der Waals surface area contributed by atoms with Gasteiger partial charge in [0.1, 0.15) is 11.5 Å². The Morgan fingerprint density at radius 2 is 1.97 bits per heavy atom. The first kappa shape index (κ1) is 20.2. The molecule has 3 heterocycles. The third-order valence-electron chi connectivity index (χ3n) is 6.11. The Balaban J connectivity index is 1.50. The van der Waals surface area contributed by atoms with Gasteiger partial charge in [-0.15, -0.1) is 0 Å². The number of nitrogens with zero attached hydrogens (tertiary/aromatic N) is 2. The van der Waals surface area contributed by atoms with E-state index in [9.17, 15) is 23.6 Å². The van der Waals surface area contributed by atoms with Crippen molar-refractivity contribution in [2.45, 2.75) is 24.0 Å². The number of cyclic esters (lactones) is 1. The van der Waals surface area contributed by atoms with Crippen LogP contribution in [0.15, 0.2) is 53.4 Å². The van der Waals surface area contributed by atoms with Gasteiger partial charge in [0.15, 0.2) is 5.69 Å². The Morgan fingerprint density at radius 3 is 2.77 bits per heavy atom. The van der Waals surface area contributed by atoms with E-state index in [1.54, 1.807) is 4.90 Å². The number of anilines is 1. The zero-order valence-electron chi connectivity index (χ0n) is 16.5. The average molecular weight is 443 g/mol. The van der Waals surface area contributed by atoms with Gasteiger partial charge in [0.25, 0.3) is 0 Å². The highest BCUT2D eigenvalue weighted by Crippen LogP contribution is 2.40. The average Bonchev–Trinajstić information content (AvgIpc) is 2.94. The fourth-order valence-corrected chi connectivity index (χ4v) is 6.33. The highest BCUT2D eigenvalue weighted by atomic mass is 32.2. The van der Waals surface area contributed by atoms with Crippen LogP contribution in [0.2, 0.25) is 0 Å². The Labute approximate surface area is 179 Å². The van der Waals surface area contributed by atoms with Gasteiger partial charge in [-0.25, -0.2) is 18.4 Å². The number of benzene rings is 2. The number of carbonyl (C=O) groups is 1. The van der Waals surface area contributed by atoms with Crippen molar-refractivity contribution in [1.82, 2.24) is 4.31 Å². The molecule has 9 nitrogen and oxygen atoms in total. The minimum absolute atomic E-state index is 0.143.